The fraction of sp³-hybridized carbons (Fsp3) is 0.333. The quantitative estimate of drug-likeness (QED) is 0.0261. The lowest BCUT2D eigenvalue weighted by atomic mass is 10.2. The van der Waals surface area contributed by atoms with Crippen molar-refractivity contribution in [3.63, 3.8) is 0 Å². The Morgan fingerprint density at radius 1 is 0.477 bits per heavy atom. The lowest BCUT2D eigenvalue weighted by molar-refractivity contribution is -0.00767. The number of carbonyl (C=O) groups is 3. The molecule has 1 atom stereocenters. The molecule has 12 aromatic heterocycles. The first-order valence-electron chi connectivity index (χ1n) is 34.0. The van der Waals surface area contributed by atoms with Gasteiger partial charge in [0.2, 0.25) is 0 Å². The third kappa shape index (κ3) is 23.3. The number of ether oxygens (including phenoxy) is 3. The molecule has 0 saturated heterocycles. The van der Waals surface area contributed by atoms with Crippen LogP contribution in [0.1, 0.15) is 99.7 Å². The van der Waals surface area contributed by atoms with Gasteiger partial charge in [0.15, 0.2) is 30.7 Å². The highest BCUT2D eigenvalue weighted by molar-refractivity contribution is 7.48. The van der Waals surface area contributed by atoms with Gasteiger partial charge in [-0.3, -0.25) is 71.1 Å². The van der Waals surface area contributed by atoms with E-state index in [2.05, 4.69) is 66.6 Å². The Bertz CT molecular complexity index is 5030. The van der Waals surface area contributed by atoms with Gasteiger partial charge in [-0.15, -0.1) is 0 Å². The summed E-state index contributed by atoms with van der Waals surface area (Å²) in [6.45, 7) is 19.8. The highest BCUT2D eigenvalue weighted by Gasteiger charge is 2.38. The first-order chi connectivity index (χ1) is 51.9. The summed E-state index contributed by atoms with van der Waals surface area (Å²) in [5, 5.41) is 37.4. The van der Waals surface area contributed by atoms with Crippen LogP contribution in [0.2, 0.25) is 0 Å². The van der Waals surface area contributed by atoms with E-state index in [4.69, 9.17) is 50.1 Å². The molecule has 0 fully saturated rings. The number of pyridine rings is 3. The van der Waals surface area contributed by atoms with Gasteiger partial charge in [-0.2, -0.15) is 30.6 Å². The van der Waals surface area contributed by atoms with E-state index < -0.39 is 44.3 Å². The molecular weight excluding hydrogens is 1450 g/mol. The number of carbonyl (C=O) groups excluding carboxylic acids is 3. The summed E-state index contributed by atoms with van der Waals surface area (Å²) in [6, 6.07) is 26.2. The molecule has 12 rings (SSSR count). The number of rotatable bonds is 30. The Labute approximate surface area is 626 Å². The Kier molecular flexibility index (Phi) is 26.5. The predicted octanol–water partition coefficient (Wildman–Crippen LogP) is 13.3. The van der Waals surface area contributed by atoms with Gasteiger partial charge in [0.25, 0.3) is 17.7 Å². The molecule has 0 bridgehead atoms. The van der Waals surface area contributed by atoms with Crippen LogP contribution in [0.15, 0.2) is 172 Å². The van der Waals surface area contributed by atoms with Crippen LogP contribution in [0.5, 0.6) is 0 Å². The number of hydrogen-bond acceptors (Lipinski definition) is 25. The molecule has 0 aliphatic rings. The number of aromatic amines is 1. The second kappa shape index (κ2) is 35.8. The lowest BCUT2D eigenvalue weighted by Crippen LogP contribution is -2.25. The molecule has 12 heterocycles. The fourth-order valence-electron chi connectivity index (χ4n) is 10.00. The first kappa shape index (κ1) is 80.6. The van der Waals surface area contributed by atoms with Gasteiger partial charge in [-0.1, -0.05) is 18.2 Å². The number of H-pyrrole nitrogens is 1. The van der Waals surface area contributed by atoms with Crippen LogP contribution in [0.3, 0.4) is 0 Å². The molecular formula is C72H86N18O17P2. The summed E-state index contributed by atoms with van der Waals surface area (Å²) >= 11 is 0. The standard InChI is InChI=1S/C28H37N6O7P.C24H29N6O7P.C20H20N6O3/c1-27(2,3)40-42(36,41-28(4,5)6)38-19-34-17-20(16-30-34)23-11-12-24(39-23)26(35)31-22-18-33(14-15-37-7)32-25(22)21-10-8-9-13-29-21;1-24(2,3)37-38(32,33)35-16-30-14-17(13-26-30)20-8-9-21(36-20)23(31)27-19-15-29(11-12-34-4)28-22(19)18-7-5-6-10-25-18;1-13-14(11-22-24-13)17-6-7-18(29-17)20(27)23-16-12-26(9-10-28-2)25-19(16)15-5-3-4-8-21-15/h8-13,16-18H,14-15,19H2,1-7H3,(H,31,35);5-10,13-15H,11-12,16H2,1-4H3,(H,27,31)(H,32,33);3-8,11-12H,9-10H2,1-2H3,(H,22,24)(H,23,27). The molecule has 1 unspecified atom stereocenters. The molecule has 0 aliphatic carbocycles. The smallest absolute Gasteiger partial charge is 0.451 e. The first-order valence-corrected chi connectivity index (χ1v) is 36.9. The number of aryl methyl sites for hydroxylation is 1. The van der Waals surface area contributed by atoms with Crippen LogP contribution in [0, 0.1) is 6.92 Å². The van der Waals surface area contributed by atoms with E-state index in [1.165, 1.54) is 21.6 Å². The van der Waals surface area contributed by atoms with Crippen molar-refractivity contribution in [3.05, 3.63) is 182 Å². The number of nitrogens with zero attached hydrogens (tertiary/aromatic N) is 14. The summed E-state index contributed by atoms with van der Waals surface area (Å²) in [5.41, 5.74) is 5.42. The number of amides is 3. The Morgan fingerprint density at radius 3 is 1.18 bits per heavy atom. The van der Waals surface area contributed by atoms with Crippen molar-refractivity contribution in [1.29, 1.82) is 0 Å². The van der Waals surface area contributed by atoms with Gasteiger partial charge < -0.3 is 48.3 Å². The van der Waals surface area contributed by atoms with Gasteiger partial charge in [0, 0.05) is 76.6 Å². The molecule has 576 valence electrons. The van der Waals surface area contributed by atoms with Crippen molar-refractivity contribution >= 4 is 50.4 Å². The number of nitrogens with one attached hydrogen (secondary N) is 4. The van der Waals surface area contributed by atoms with Crippen molar-refractivity contribution in [2.45, 2.75) is 119 Å². The van der Waals surface area contributed by atoms with E-state index >= 15 is 0 Å². The van der Waals surface area contributed by atoms with Crippen LogP contribution in [0.4, 0.5) is 17.1 Å². The number of aromatic nitrogens is 15. The highest BCUT2D eigenvalue weighted by atomic mass is 31.2. The zero-order valence-corrected chi connectivity index (χ0v) is 64.1. The maximum Gasteiger partial charge on any atom is 0.477 e. The van der Waals surface area contributed by atoms with E-state index in [9.17, 15) is 28.4 Å². The van der Waals surface area contributed by atoms with Crippen LogP contribution in [0.25, 0.3) is 68.1 Å². The highest BCUT2D eigenvalue weighted by Crippen LogP contribution is 2.56. The zero-order chi connectivity index (χ0) is 78.1. The van der Waals surface area contributed by atoms with Gasteiger partial charge in [0.1, 0.15) is 34.4 Å². The number of hydrogen-bond donors (Lipinski definition) is 5. The number of methoxy groups -OCH3 is 3. The molecule has 3 amide bonds. The molecule has 109 heavy (non-hydrogen) atoms. The van der Waals surface area contributed by atoms with E-state index in [-0.39, 0.29) is 36.6 Å². The van der Waals surface area contributed by atoms with E-state index in [0.29, 0.717) is 119 Å². The van der Waals surface area contributed by atoms with Crippen LogP contribution in [-0.2, 0) is 79.1 Å². The third-order valence-electron chi connectivity index (χ3n) is 14.6. The SMILES string of the molecule is COCCn1cc(NC(=O)c2ccc(-c3cn[nH]c3C)o2)c(-c2ccccn2)n1.COCCn1cc(NC(=O)c2ccc(-c3cnn(COP(=O)(O)OC(C)(C)C)c3)o2)c(-c2ccccn2)n1.COCCn1cc(NC(=O)c2ccc(-c3cnn(COP(=O)(OC(C)(C)C)OC(C)(C)C)c3)o2)c(-c2ccccn2)n1. The molecule has 35 nitrogen and oxygen atoms in total. The molecule has 37 heteroatoms. The fourth-order valence-corrected chi connectivity index (χ4v) is 12.8. The van der Waals surface area contributed by atoms with Gasteiger partial charge in [-0.05, 0) is 142 Å². The summed E-state index contributed by atoms with van der Waals surface area (Å²) in [4.78, 5) is 61.8. The van der Waals surface area contributed by atoms with Crippen molar-refractivity contribution in [2.75, 3.05) is 57.1 Å². The van der Waals surface area contributed by atoms with Gasteiger partial charge in [0.05, 0.1) is 126 Å². The summed E-state index contributed by atoms with van der Waals surface area (Å²) in [5.74, 6) is 0.398. The second-order valence-electron chi connectivity index (χ2n) is 26.9. The van der Waals surface area contributed by atoms with Crippen molar-refractivity contribution in [3.8, 4) is 68.1 Å². The largest absolute Gasteiger partial charge is 0.477 e. The van der Waals surface area contributed by atoms with Crippen LogP contribution in [-0.4, -0.2) is 155 Å². The number of furan rings is 3. The minimum atomic E-state index is -4.27. The molecule has 0 spiro atoms. The van der Waals surface area contributed by atoms with Crippen LogP contribution >= 0.6 is 15.6 Å². The molecule has 0 radical (unpaired) electrons. The lowest BCUT2D eigenvalue weighted by Gasteiger charge is -2.30. The van der Waals surface area contributed by atoms with Crippen molar-refractivity contribution < 1.29 is 78.5 Å². The summed E-state index contributed by atoms with van der Waals surface area (Å²) < 4.78 is 92.8. The average Bonchev–Trinajstić information content (AvgIpc) is 1.62. The molecule has 12 aromatic rings. The van der Waals surface area contributed by atoms with Crippen molar-refractivity contribution in [1.82, 2.24) is 74.1 Å². The number of anilines is 3. The third-order valence-corrected chi connectivity index (χ3v) is 17.8. The zero-order valence-electron chi connectivity index (χ0n) is 62.3. The Balaban J connectivity index is 0.000000177. The van der Waals surface area contributed by atoms with Gasteiger partial charge >= 0.3 is 15.6 Å². The van der Waals surface area contributed by atoms with E-state index in [1.807, 2.05) is 43.3 Å². The summed E-state index contributed by atoms with van der Waals surface area (Å²) in [7, 11) is -3.35. The predicted molar refractivity (Wildman–Crippen MR) is 399 cm³/mol. The topological polar surface area (TPSA) is 411 Å². The Morgan fingerprint density at radius 2 is 0.844 bits per heavy atom. The molecule has 0 aliphatic heterocycles. The maximum absolute atomic E-state index is 13.3. The van der Waals surface area contributed by atoms with E-state index in [1.54, 1.807) is 208 Å². The van der Waals surface area contributed by atoms with Crippen LogP contribution < -0.4 is 16.0 Å². The molecule has 0 saturated carbocycles. The molecule has 5 N–H and O–H groups in total. The molecule has 0 aromatic carbocycles. The summed E-state index contributed by atoms with van der Waals surface area (Å²) in [6.07, 6.45) is 18.1. The van der Waals surface area contributed by atoms with Crippen molar-refractivity contribution in [2.24, 2.45) is 0 Å². The minimum Gasteiger partial charge on any atom is -0.451 e. The van der Waals surface area contributed by atoms with E-state index in [0.717, 1.165) is 11.3 Å². The maximum atomic E-state index is 13.3. The number of phosphoric ester groups is 2. The Hall–Kier alpha value is -10.9. The minimum absolute atomic E-state index is 0.0686. The monoisotopic (exact) mass is 1540 g/mol. The van der Waals surface area contributed by atoms with Gasteiger partial charge in [-0.25, -0.2) is 18.5 Å². The number of phosphoric acid groups is 2. The normalized spacial score (nSPS) is 12.4. The second-order valence-corrected chi connectivity index (χ2v) is 29.8. The average molecular weight is 1540 g/mol.